The molecule has 18 heavy (non-hydrogen) atoms. The van der Waals surface area contributed by atoms with E-state index in [1.165, 1.54) is 7.11 Å². The third kappa shape index (κ3) is 5.59. The fourth-order valence-corrected chi connectivity index (χ4v) is 1.63. The molecule has 0 aliphatic heterocycles. The number of hydrogen-bond acceptors (Lipinski definition) is 3. The van der Waals surface area contributed by atoms with Crippen LogP contribution in [0.1, 0.15) is 0 Å². The molecule has 0 bridgehead atoms. The Morgan fingerprint density at radius 3 is 2.67 bits per heavy atom. The maximum absolute atomic E-state index is 11.8. The van der Waals surface area contributed by atoms with Crippen molar-refractivity contribution in [1.82, 2.24) is 0 Å². The van der Waals surface area contributed by atoms with Crippen molar-refractivity contribution in [3.8, 4) is 5.75 Å². The van der Waals surface area contributed by atoms with Crippen LogP contribution in [0.5, 0.6) is 5.75 Å². The lowest BCUT2D eigenvalue weighted by Crippen LogP contribution is -2.20. The third-order valence-electron chi connectivity index (χ3n) is 1.99. The van der Waals surface area contributed by atoms with Crippen LogP contribution in [0.4, 0.5) is 18.9 Å². The molecular weight excluding hydrogens is 315 g/mol. The van der Waals surface area contributed by atoms with Crippen LogP contribution in [0.3, 0.4) is 0 Å². The van der Waals surface area contributed by atoms with Crippen LogP contribution in [0.2, 0.25) is 0 Å². The van der Waals surface area contributed by atoms with Crippen molar-refractivity contribution in [1.29, 1.82) is 0 Å². The summed E-state index contributed by atoms with van der Waals surface area (Å²) in [5.41, 5.74) is 0.755. The molecule has 0 heterocycles. The molecular formula is C11H13BrF3NO2. The number of ether oxygens (including phenoxy) is 2. The monoisotopic (exact) mass is 327 g/mol. The van der Waals surface area contributed by atoms with E-state index in [2.05, 4.69) is 26.0 Å². The van der Waals surface area contributed by atoms with Gasteiger partial charge in [0.25, 0.3) is 0 Å². The minimum Gasteiger partial charge on any atom is -0.495 e. The summed E-state index contributed by atoms with van der Waals surface area (Å²) in [6, 6.07) is 5.32. The number of benzene rings is 1. The minimum atomic E-state index is -4.28. The summed E-state index contributed by atoms with van der Waals surface area (Å²) in [7, 11) is 1.54. The van der Waals surface area contributed by atoms with Gasteiger partial charge in [0.2, 0.25) is 0 Å². The van der Waals surface area contributed by atoms with Gasteiger partial charge in [-0.1, -0.05) is 0 Å². The Morgan fingerprint density at radius 2 is 2.06 bits per heavy atom. The maximum Gasteiger partial charge on any atom is 0.411 e. The molecule has 3 nitrogen and oxygen atoms in total. The van der Waals surface area contributed by atoms with Gasteiger partial charge in [-0.25, -0.2) is 0 Å². The van der Waals surface area contributed by atoms with Crippen molar-refractivity contribution in [3.63, 3.8) is 0 Å². The Hall–Kier alpha value is -0.950. The van der Waals surface area contributed by atoms with Gasteiger partial charge < -0.3 is 14.8 Å². The molecule has 1 aromatic rings. The van der Waals surface area contributed by atoms with Gasteiger partial charge in [-0.15, -0.1) is 0 Å². The molecule has 0 aliphatic carbocycles. The molecule has 1 N–H and O–H groups in total. The van der Waals surface area contributed by atoms with E-state index in [0.29, 0.717) is 12.3 Å². The Kier molecular flexibility index (Phi) is 5.74. The first-order valence-electron chi connectivity index (χ1n) is 5.14. The molecule has 0 fully saturated rings. The van der Waals surface area contributed by atoms with E-state index in [9.17, 15) is 13.2 Å². The van der Waals surface area contributed by atoms with Crippen LogP contribution in [0.15, 0.2) is 22.7 Å². The summed E-state index contributed by atoms with van der Waals surface area (Å²) in [5.74, 6) is 0.649. The fraction of sp³-hybridized carbons (Fsp3) is 0.455. The Bertz CT molecular complexity index is 385. The molecule has 0 saturated heterocycles. The predicted octanol–water partition coefficient (Wildman–Crippen LogP) is 3.45. The van der Waals surface area contributed by atoms with E-state index in [-0.39, 0.29) is 6.61 Å². The maximum atomic E-state index is 11.8. The van der Waals surface area contributed by atoms with Crippen LogP contribution < -0.4 is 10.1 Å². The van der Waals surface area contributed by atoms with Crippen LogP contribution in [-0.2, 0) is 4.74 Å². The summed E-state index contributed by atoms with van der Waals surface area (Å²) in [6.07, 6.45) is -4.28. The fourth-order valence-electron chi connectivity index (χ4n) is 1.23. The molecule has 1 aromatic carbocycles. The molecule has 7 heteroatoms. The normalized spacial score (nSPS) is 11.4. The molecule has 0 aromatic heterocycles. The largest absolute Gasteiger partial charge is 0.495 e. The highest BCUT2D eigenvalue weighted by atomic mass is 79.9. The van der Waals surface area contributed by atoms with Gasteiger partial charge in [0.15, 0.2) is 0 Å². The van der Waals surface area contributed by atoms with Crippen molar-refractivity contribution in [2.24, 2.45) is 0 Å². The molecule has 0 aliphatic rings. The quantitative estimate of drug-likeness (QED) is 0.812. The number of anilines is 1. The standard InChI is InChI=1S/C11H13BrF3NO2/c1-17-10-6-8(2-3-9(10)12)16-4-5-18-7-11(13,14)15/h2-3,6,16H,4-5,7H2,1H3. The second-order valence-corrected chi connectivity index (χ2v) is 4.30. The Balaban J connectivity index is 2.31. The van der Waals surface area contributed by atoms with Gasteiger partial charge in [-0.05, 0) is 28.1 Å². The second-order valence-electron chi connectivity index (χ2n) is 3.44. The zero-order valence-corrected chi connectivity index (χ0v) is 11.3. The number of halogens is 4. The highest BCUT2D eigenvalue weighted by Crippen LogP contribution is 2.27. The molecule has 1 rings (SSSR count). The van der Waals surface area contributed by atoms with Crippen molar-refractivity contribution in [3.05, 3.63) is 22.7 Å². The first-order valence-corrected chi connectivity index (χ1v) is 5.93. The van der Waals surface area contributed by atoms with Crippen LogP contribution >= 0.6 is 15.9 Å². The van der Waals surface area contributed by atoms with E-state index in [1.54, 1.807) is 18.2 Å². The van der Waals surface area contributed by atoms with Crippen LogP contribution in [0.25, 0.3) is 0 Å². The van der Waals surface area contributed by atoms with Crippen LogP contribution in [0, 0.1) is 0 Å². The number of alkyl halides is 3. The van der Waals surface area contributed by atoms with Gasteiger partial charge >= 0.3 is 6.18 Å². The Morgan fingerprint density at radius 1 is 1.33 bits per heavy atom. The second kappa shape index (κ2) is 6.84. The molecule has 0 unspecified atom stereocenters. The molecule has 0 amide bonds. The van der Waals surface area contributed by atoms with Crippen LogP contribution in [-0.4, -0.2) is 33.0 Å². The smallest absolute Gasteiger partial charge is 0.411 e. The topological polar surface area (TPSA) is 30.5 Å². The van der Waals surface area contributed by atoms with Crippen molar-refractivity contribution >= 4 is 21.6 Å². The van der Waals surface area contributed by atoms with Gasteiger partial charge in [0.05, 0.1) is 18.2 Å². The Labute approximate surface area is 111 Å². The van der Waals surface area contributed by atoms with Crippen molar-refractivity contribution in [2.45, 2.75) is 6.18 Å². The van der Waals surface area contributed by atoms with Crippen molar-refractivity contribution < 1.29 is 22.6 Å². The van der Waals surface area contributed by atoms with E-state index >= 15 is 0 Å². The van der Waals surface area contributed by atoms with Gasteiger partial charge in [0.1, 0.15) is 12.4 Å². The van der Waals surface area contributed by atoms with Crippen molar-refractivity contribution in [2.75, 3.05) is 32.2 Å². The molecule has 0 radical (unpaired) electrons. The summed E-state index contributed by atoms with van der Waals surface area (Å²) < 4.78 is 45.7. The third-order valence-corrected chi connectivity index (χ3v) is 2.65. The van der Waals surface area contributed by atoms with Gasteiger partial charge in [-0.2, -0.15) is 13.2 Å². The first kappa shape index (κ1) is 15.1. The van der Waals surface area contributed by atoms with E-state index in [1.807, 2.05) is 0 Å². The van der Waals surface area contributed by atoms with E-state index in [0.717, 1.165) is 10.2 Å². The molecule has 0 atom stereocenters. The van der Waals surface area contributed by atoms with E-state index in [4.69, 9.17) is 4.74 Å². The zero-order chi connectivity index (χ0) is 13.6. The number of rotatable bonds is 6. The van der Waals surface area contributed by atoms with Gasteiger partial charge in [-0.3, -0.25) is 0 Å². The zero-order valence-electron chi connectivity index (χ0n) is 9.68. The minimum absolute atomic E-state index is 0.0160. The number of hydrogen-bond donors (Lipinski definition) is 1. The molecule has 0 saturated carbocycles. The lowest BCUT2D eigenvalue weighted by atomic mass is 10.3. The molecule has 0 spiro atoms. The molecule has 102 valence electrons. The summed E-state index contributed by atoms with van der Waals surface area (Å²) >= 11 is 3.30. The number of methoxy groups -OCH3 is 1. The summed E-state index contributed by atoms with van der Waals surface area (Å²) in [4.78, 5) is 0. The average Bonchev–Trinajstić information content (AvgIpc) is 2.29. The summed E-state index contributed by atoms with van der Waals surface area (Å²) in [6.45, 7) is -0.947. The summed E-state index contributed by atoms with van der Waals surface area (Å²) in [5, 5.41) is 2.94. The first-order chi connectivity index (χ1) is 8.42. The average molecular weight is 328 g/mol. The lowest BCUT2D eigenvalue weighted by Gasteiger charge is -2.10. The predicted molar refractivity (Wildman–Crippen MR) is 66.1 cm³/mol. The highest BCUT2D eigenvalue weighted by Gasteiger charge is 2.27. The van der Waals surface area contributed by atoms with E-state index < -0.39 is 12.8 Å². The highest BCUT2D eigenvalue weighted by molar-refractivity contribution is 9.10. The lowest BCUT2D eigenvalue weighted by molar-refractivity contribution is -0.172. The van der Waals surface area contributed by atoms with Gasteiger partial charge in [0, 0.05) is 18.3 Å². The number of nitrogens with one attached hydrogen (secondary N) is 1. The SMILES string of the molecule is COc1cc(NCCOCC(F)(F)F)ccc1Br.